The first kappa shape index (κ1) is 13.7. The number of hydrogen-bond donors (Lipinski definition) is 1. The van der Waals surface area contributed by atoms with Crippen molar-refractivity contribution in [2.24, 2.45) is 0 Å². The summed E-state index contributed by atoms with van der Waals surface area (Å²) in [6, 6.07) is 0.792. The number of aromatic nitrogens is 1. The third-order valence-electron chi connectivity index (χ3n) is 2.23. The van der Waals surface area contributed by atoms with Gasteiger partial charge in [-0.05, 0) is 13.3 Å². The summed E-state index contributed by atoms with van der Waals surface area (Å²) >= 11 is 0. The quantitative estimate of drug-likeness (QED) is 0.747. The lowest BCUT2D eigenvalue weighted by Gasteiger charge is -2.09. The highest BCUT2D eigenvalue weighted by Gasteiger charge is 2.12. The normalized spacial score (nSPS) is 10.4. The maximum absolute atomic E-state index is 13.3. The van der Waals surface area contributed by atoms with Crippen LogP contribution in [0.3, 0.4) is 0 Å². The first-order chi connectivity index (χ1) is 8.19. The van der Waals surface area contributed by atoms with Crippen molar-refractivity contribution in [1.82, 2.24) is 4.98 Å². The van der Waals surface area contributed by atoms with Gasteiger partial charge in [0.1, 0.15) is 0 Å². The number of nitrogens with zero attached hydrogens (tertiary/aromatic N) is 1. The molecule has 17 heavy (non-hydrogen) atoms. The fourth-order valence-corrected chi connectivity index (χ4v) is 1.36. The lowest BCUT2D eigenvalue weighted by molar-refractivity contribution is 0.278. The first-order valence-corrected chi connectivity index (χ1v) is 5.91. The second kappa shape index (κ2) is 7.04. The highest BCUT2D eigenvalue weighted by atomic mass is 19.1. The average Bonchev–Trinajstić information content (AvgIpc) is 2.30. The number of hydrogen-bond acceptors (Lipinski definition) is 3. The number of rotatable bonds is 7. The Morgan fingerprint density at radius 1 is 1.24 bits per heavy atom. The SMILES string of the molecule is CCCCCOc1nc(NCC)c(F)cc1F. The minimum atomic E-state index is -0.763. The van der Waals surface area contributed by atoms with Gasteiger partial charge in [-0.3, -0.25) is 0 Å². The van der Waals surface area contributed by atoms with Gasteiger partial charge in [-0.2, -0.15) is 4.98 Å². The van der Waals surface area contributed by atoms with Gasteiger partial charge in [-0.25, -0.2) is 8.78 Å². The Hall–Kier alpha value is -1.39. The van der Waals surface area contributed by atoms with Gasteiger partial charge >= 0.3 is 0 Å². The third-order valence-corrected chi connectivity index (χ3v) is 2.23. The molecular formula is C12H18F2N2O. The number of pyridine rings is 1. The van der Waals surface area contributed by atoms with Gasteiger partial charge in [0.05, 0.1) is 6.61 Å². The molecule has 5 heteroatoms. The van der Waals surface area contributed by atoms with E-state index in [2.05, 4.69) is 17.2 Å². The predicted octanol–water partition coefficient (Wildman–Crippen LogP) is 3.36. The fourth-order valence-electron chi connectivity index (χ4n) is 1.36. The Morgan fingerprint density at radius 3 is 2.65 bits per heavy atom. The van der Waals surface area contributed by atoms with Crippen molar-refractivity contribution in [3.05, 3.63) is 17.7 Å². The van der Waals surface area contributed by atoms with Gasteiger partial charge < -0.3 is 10.1 Å². The van der Waals surface area contributed by atoms with Crippen LogP contribution < -0.4 is 10.1 Å². The molecule has 0 unspecified atom stereocenters. The van der Waals surface area contributed by atoms with Crippen molar-refractivity contribution in [3.8, 4) is 5.88 Å². The standard InChI is InChI=1S/C12H18F2N2O/c1-3-5-6-7-17-12-10(14)8-9(13)11(16-12)15-4-2/h8H,3-7H2,1-2H3,(H,15,16). The molecule has 0 spiro atoms. The first-order valence-electron chi connectivity index (χ1n) is 5.91. The van der Waals surface area contributed by atoms with Crippen molar-refractivity contribution in [3.63, 3.8) is 0 Å². The van der Waals surface area contributed by atoms with E-state index in [1.54, 1.807) is 0 Å². The van der Waals surface area contributed by atoms with Crippen LogP contribution in [0.2, 0.25) is 0 Å². The summed E-state index contributed by atoms with van der Waals surface area (Å²) in [5.74, 6) is -1.58. The van der Waals surface area contributed by atoms with Gasteiger partial charge in [0.15, 0.2) is 17.5 Å². The molecule has 3 nitrogen and oxygen atoms in total. The summed E-state index contributed by atoms with van der Waals surface area (Å²) in [6.45, 7) is 4.80. The second-order valence-electron chi connectivity index (χ2n) is 3.69. The van der Waals surface area contributed by atoms with Crippen LogP contribution in [0, 0.1) is 11.6 Å². The number of nitrogens with one attached hydrogen (secondary N) is 1. The molecular weight excluding hydrogens is 226 g/mol. The molecule has 0 saturated carbocycles. The molecule has 0 aliphatic rings. The Bertz CT molecular complexity index is 359. The van der Waals surface area contributed by atoms with E-state index < -0.39 is 11.6 Å². The Balaban J connectivity index is 2.66. The largest absolute Gasteiger partial charge is 0.476 e. The van der Waals surface area contributed by atoms with Crippen LogP contribution in [-0.2, 0) is 0 Å². The molecule has 0 bridgehead atoms. The van der Waals surface area contributed by atoms with Gasteiger partial charge in [-0.15, -0.1) is 0 Å². The van der Waals surface area contributed by atoms with E-state index in [-0.39, 0.29) is 11.7 Å². The molecule has 0 fully saturated rings. The molecule has 0 radical (unpaired) electrons. The molecule has 96 valence electrons. The van der Waals surface area contributed by atoms with E-state index in [4.69, 9.17) is 4.74 Å². The molecule has 1 rings (SSSR count). The zero-order valence-corrected chi connectivity index (χ0v) is 10.2. The number of ether oxygens (including phenoxy) is 1. The summed E-state index contributed by atoms with van der Waals surface area (Å²) in [6.07, 6.45) is 2.92. The van der Waals surface area contributed by atoms with Crippen LogP contribution in [0.5, 0.6) is 5.88 Å². The van der Waals surface area contributed by atoms with Crippen LogP contribution >= 0.6 is 0 Å². The molecule has 1 N–H and O–H groups in total. The molecule has 1 heterocycles. The van der Waals surface area contributed by atoms with E-state index in [0.717, 1.165) is 25.3 Å². The van der Waals surface area contributed by atoms with Gasteiger partial charge in [0, 0.05) is 12.6 Å². The molecule has 0 aromatic carbocycles. The van der Waals surface area contributed by atoms with E-state index in [0.29, 0.717) is 13.2 Å². The highest BCUT2D eigenvalue weighted by Crippen LogP contribution is 2.20. The molecule has 0 saturated heterocycles. The fraction of sp³-hybridized carbons (Fsp3) is 0.583. The molecule has 0 atom stereocenters. The molecule has 0 amide bonds. The van der Waals surface area contributed by atoms with Crippen LogP contribution in [0.15, 0.2) is 6.07 Å². The van der Waals surface area contributed by atoms with Crippen LogP contribution in [-0.4, -0.2) is 18.1 Å². The zero-order chi connectivity index (χ0) is 12.7. The molecule has 1 aromatic rings. The monoisotopic (exact) mass is 244 g/mol. The zero-order valence-electron chi connectivity index (χ0n) is 10.2. The van der Waals surface area contributed by atoms with Crippen molar-refractivity contribution >= 4 is 5.82 Å². The summed E-state index contributed by atoms with van der Waals surface area (Å²) < 4.78 is 31.8. The van der Waals surface area contributed by atoms with Gasteiger partial charge in [0.2, 0.25) is 0 Å². The summed E-state index contributed by atoms with van der Waals surface area (Å²) in [5, 5.41) is 2.71. The van der Waals surface area contributed by atoms with Crippen molar-refractivity contribution in [2.75, 3.05) is 18.5 Å². The maximum Gasteiger partial charge on any atom is 0.252 e. The minimum absolute atomic E-state index is 0.0272. The third kappa shape index (κ3) is 4.17. The summed E-state index contributed by atoms with van der Waals surface area (Å²) in [4.78, 5) is 3.78. The van der Waals surface area contributed by atoms with Crippen molar-refractivity contribution in [1.29, 1.82) is 0 Å². The summed E-state index contributed by atoms with van der Waals surface area (Å²) in [7, 11) is 0. The van der Waals surface area contributed by atoms with Gasteiger partial charge in [-0.1, -0.05) is 19.8 Å². The number of halogens is 2. The second-order valence-corrected chi connectivity index (χ2v) is 3.69. The van der Waals surface area contributed by atoms with Crippen molar-refractivity contribution in [2.45, 2.75) is 33.1 Å². The smallest absolute Gasteiger partial charge is 0.252 e. The van der Waals surface area contributed by atoms with E-state index in [1.165, 1.54) is 0 Å². The Kier molecular flexibility index (Phi) is 5.66. The maximum atomic E-state index is 13.3. The van der Waals surface area contributed by atoms with Crippen LogP contribution in [0.4, 0.5) is 14.6 Å². The van der Waals surface area contributed by atoms with Crippen LogP contribution in [0.1, 0.15) is 33.1 Å². The Labute approximate surface area is 100 Å². The number of unbranched alkanes of at least 4 members (excludes halogenated alkanes) is 2. The molecule has 0 aliphatic carbocycles. The lowest BCUT2D eigenvalue weighted by Crippen LogP contribution is -2.07. The van der Waals surface area contributed by atoms with E-state index in [9.17, 15) is 8.78 Å². The predicted molar refractivity (Wildman–Crippen MR) is 63.3 cm³/mol. The van der Waals surface area contributed by atoms with E-state index in [1.807, 2.05) is 6.92 Å². The highest BCUT2D eigenvalue weighted by molar-refractivity contribution is 5.39. The lowest BCUT2D eigenvalue weighted by atomic mass is 10.3. The summed E-state index contributed by atoms with van der Waals surface area (Å²) in [5.41, 5.74) is 0. The van der Waals surface area contributed by atoms with Crippen LogP contribution in [0.25, 0.3) is 0 Å². The minimum Gasteiger partial charge on any atom is -0.476 e. The molecule has 1 aromatic heterocycles. The number of anilines is 1. The average molecular weight is 244 g/mol. The van der Waals surface area contributed by atoms with E-state index >= 15 is 0 Å². The topological polar surface area (TPSA) is 34.1 Å². The van der Waals surface area contributed by atoms with Gasteiger partial charge in [0.25, 0.3) is 5.88 Å². The Morgan fingerprint density at radius 2 is 2.00 bits per heavy atom. The molecule has 0 aliphatic heterocycles. The van der Waals surface area contributed by atoms with Crippen molar-refractivity contribution < 1.29 is 13.5 Å².